The second kappa shape index (κ2) is 7.77. The van der Waals surface area contributed by atoms with Crippen LogP contribution in [0.4, 0.5) is 9.18 Å². The van der Waals surface area contributed by atoms with Crippen LogP contribution in [0.2, 0.25) is 0 Å². The molecule has 1 aromatic rings. The fourth-order valence-electron chi connectivity index (χ4n) is 2.34. The zero-order valence-corrected chi connectivity index (χ0v) is 14.6. The minimum atomic E-state index is -0.569. The minimum Gasteiger partial charge on any atom is -0.444 e. The predicted octanol–water partition coefficient (Wildman–Crippen LogP) is 3.53. The van der Waals surface area contributed by atoms with Crippen molar-refractivity contribution in [3.8, 4) is 0 Å². The van der Waals surface area contributed by atoms with Gasteiger partial charge < -0.3 is 15.2 Å². The summed E-state index contributed by atoms with van der Waals surface area (Å²) in [7, 11) is 0. The van der Waals surface area contributed by atoms with E-state index in [0.717, 1.165) is 5.56 Å². The SMILES string of the molecule is CC(C)C(CO)(CNC(=O)OC(C)(C)C)Cc1ccc(F)cc1. The Morgan fingerprint density at radius 1 is 1.26 bits per heavy atom. The Morgan fingerprint density at radius 2 is 1.83 bits per heavy atom. The van der Waals surface area contributed by atoms with Gasteiger partial charge in [-0.1, -0.05) is 26.0 Å². The summed E-state index contributed by atoms with van der Waals surface area (Å²) in [5.74, 6) is -0.174. The maximum Gasteiger partial charge on any atom is 0.407 e. The van der Waals surface area contributed by atoms with Gasteiger partial charge >= 0.3 is 6.09 Å². The average molecular weight is 325 g/mol. The van der Waals surface area contributed by atoms with Gasteiger partial charge in [0.1, 0.15) is 11.4 Å². The van der Waals surface area contributed by atoms with Gasteiger partial charge in [0.25, 0.3) is 0 Å². The lowest BCUT2D eigenvalue weighted by Crippen LogP contribution is -2.46. The molecule has 1 unspecified atom stereocenters. The third-order valence-electron chi connectivity index (χ3n) is 3.99. The first-order valence-corrected chi connectivity index (χ1v) is 7.90. The number of amides is 1. The number of nitrogens with one attached hydrogen (secondary N) is 1. The lowest BCUT2D eigenvalue weighted by atomic mass is 9.73. The summed E-state index contributed by atoms with van der Waals surface area (Å²) >= 11 is 0. The number of halogens is 1. The molecule has 0 radical (unpaired) electrons. The molecule has 130 valence electrons. The predicted molar refractivity (Wildman–Crippen MR) is 88.7 cm³/mol. The van der Waals surface area contributed by atoms with Gasteiger partial charge in [0.15, 0.2) is 0 Å². The molecule has 0 aliphatic heterocycles. The van der Waals surface area contributed by atoms with E-state index in [-0.39, 0.29) is 24.9 Å². The largest absolute Gasteiger partial charge is 0.444 e. The van der Waals surface area contributed by atoms with E-state index >= 15 is 0 Å². The van der Waals surface area contributed by atoms with Crippen molar-refractivity contribution < 1.29 is 19.0 Å². The third kappa shape index (κ3) is 6.18. The Bertz CT molecular complexity index is 508. The standard InChI is InChI=1S/C18H28FNO3/c1-13(2)18(12-21,10-14-6-8-15(19)9-7-14)11-20-16(22)23-17(3,4)5/h6-9,13,21H,10-12H2,1-5H3,(H,20,22). The van der Waals surface area contributed by atoms with Crippen molar-refractivity contribution in [2.75, 3.05) is 13.2 Å². The van der Waals surface area contributed by atoms with Crippen molar-refractivity contribution in [3.63, 3.8) is 0 Å². The lowest BCUT2D eigenvalue weighted by Gasteiger charge is -2.36. The molecule has 0 heterocycles. The van der Waals surface area contributed by atoms with Crippen LogP contribution in [0.25, 0.3) is 0 Å². The van der Waals surface area contributed by atoms with Gasteiger partial charge in [-0.3, -0.25) is 0 Å². The number of aliphatic hydroxyl groups is 1. The quantitative estimate of drug-likeness (QED) is 0.841. The van der Waals surface area contributed by atoms with Crippen LogP contribution in [-0.2, 0) is 11.2 Å². The van der Waals surface area contributed by atoms with E-state index in [9.17, 15) is 14.3 Å². The molecule has 1 aromatic carbocycles. The number of hydrogen-bond donors (Lipinski definition) is 2. The molecule has 1 rings (SSSR count). The van der Waals surface area contributed by atoms with Gasteiger partial charge in [-0.2, -0.15) is 0 Å². The second-order valence-corrected chi connectivity index (χ2v) is 7.33. The molecule has 0 bridgehead atoms. The minimum absolute atomic E-state index is 0.0855. The van der Waals surface area contributed by atoms with Crippen molar-refractivity contribution in [2.45, 2.75) is 46.6 Å². The molecule has 0 aliphatic rings. The normalized spacial score (nSPS) is 14.4. The number of alkyl carbamates (subject to hydrolysis) is 1. The number of benzene rings is 1. The van der Waals surface area contributed by atoms with Crippen LogP contribution in [0, 0.1) is 17.2 Å². The summed E-state index contributed by atoms with van der Waals surface area (Å²) in [5, 5.41) is 12.7. The number of aliphatic hydroxyl groups excluding tert-OH is 1. The zero-order valence-electron chi connectivity index (χ0n) is 14.6. The van der Waals surface area contributed by atoms with Gasteiger partial charge in [0.05, 0.1) is 6.61 Å². The van der Waals surface area contributed by atoms with Crippen LogP contribution in [0.5, 0.6) is 0 Å². The zero-order chi connectivity index (χ0) is 17.7. The van der Waals surface area contributed by atoms with Crippen LogP contribution < -0.4 is 5.32 Å². The molecule has 1 amide bonds. The second-order valence-electron chi connectivity index (χ2n) is 7.33. The molecular weight excluding hydrogens is 297 g/mol. The molecule has 4 nitrogen and oxygen atoms in total. The van der Waals surface area contributed by atoms with Crippen molar-refractivity contribution in [1.82, 2.24) is 5.32 Å². The number of carbonyl (C=O) groups is 1. The summed E-state index contributed by atoms with van der Waals surface area (Å²) in [5.41, 5.74) is -0.185. The molecule has 0 fully saturated rings. The first kappa shape index (κ1) is 19.4. The topological polar surface area (TPSA) is 58.6 Å². The average Bonchev–Trinajstić information content (AvgIpc) is 2.43. The Hall–Kier alpha value is -1.62. The number of ether oxygens (including phenoxy) is 1. The molecule has 2 N–H and O–H groups in total. The lowest BCUT2D eigenvalue weighted by molar-refractivity contribution is 0.0394. The fraction of sp³-hybridized carbons (Fsp3) is 0.611. The number of carbonyl (C=O) groups excluding carboxylic acids is 1. The number of rotatable bonds is 6. The highest BCUT2D eigenvalue weighted by Crippen LogP contribution is 2.31. The van der Waals surface area contributed by atoms with Crippen LogP contribution >= 0.6 is 0 Å². The van der Waals surface area contributed by atoms with E-state index < -0.39 is 17.1 Å². The van der Waals surface area contributed by atoms with E-state index in [0.29, 0.717) is 6.42 Å². The molecule has 0 saturated heterocycles. The monoisotopic (exact) mass is 325 g/mol. The van der Waals surface area contributed by atoms with Crippen LogP contribution in [0.1, 0.15) is 40.2 Å². The van der Waals surface area contributed by atoms with Crippen LogP contribution in [0.15, 0.2) is 24.3 Å². The van der Waals surface area contributed by atoms with Crippen molar-refractivity contribution in [2.24, 2.45) is 11.3 Å². The maximum absolute atomic E-state index is 13.0. The van der Waals surface area contributed by atoms with Crippen molar-refractivity contribution in [1.29, 1.82) is 0 Å². The van der Waals surface area contributed by atoms with E-state index in [1.807, 2.05) is 13.8 Å². The van der Waals surface area contributed by atoms with Gasteiger partial charge in [0, 0.05) is 12.0 Å². The molecule has 0 aromatic heterocycles. The first-order chi connectivity index (χ1) is 10.6. The van der Waals surface area contributed by atoms with Gasteiger partial charge in [-0.05, 0) is 50.8 Å². The summed E-state index contributed by atoms with van der Waals surface area (Å²) in [6, 6.07) is 6.21. The van der Waals surface area contributed by atoms with E-state index in [1.54, 1.807) is 32.9 Å². The van der Waals surface area contributed by atoms with E-state index in [2.05, 4.69) is 5.32 Å². The summed E-state index contributed by atoms with van der Waals surface area (Å²) in [6.07, 6.45) is 0.0344. The van der Waals surface area contributed by atoms with Gasteiger partial charge in [-0.15, -0.1) is 0 Å². The Labute approximate surface area is 138 Å². The highest BCUT2D eigenvalue weighted by molar-refractivity contribution is 5.67. The summed E-state index contributed by atoms with van der Waals surface area (Å²) in [6.45, 7) is 9.59. The summed E-state index contributed by atoms with van der Waals surface area (Å²) < 4.78 is 18.3. The Morgan fingerprint density at radius 3 is 2.26 bits per heavy atom. The van der Waals surface area contributed by atoms with E-state index in [1.165, 1.54) is 12.1 Å². The molecular formula is C18H28FNO3. The van der Waals surface area contributed by atoms with Gasteiger partial charge in [-0.25, -0.2) is 9.18 Å². The van der Waals surface area contributed by atoms with Crippen LogP contribution in [0.3, 0.4) is 0 Å². The molecule has 1 atom stereocenters. The first-order valence-electron chi connectivity index (χ1n) is 7.90. The fourth-order valence-corrected chi connectivity index (χ4v) is 2.34. The smallest absolute Gasteiger partial charge is 0.407 e. The molecule has 0 spiro atoms. The van der Waals surface area contributed by atoms with Crippen molar-refractivity contribution in [3.05, 3.63) is 35.6 Å². The van der Waals surface area contributed by atoms with Crippen LogP contribution in [-0.4, -0.2) is 30.0 Å². The Balaban J connectivity index is 2.82. The summed E-state index contributed by atoms with van der Waals surface area (Å²) in [4.78, 5) is 11.9. The molecule has 5 heteroatoms. The highest BCUT2D eigenvalue weighted by atomic mass is 19.1. The molecule has 23 heavy (non-hydrogen) atoms. The van der Waals surface area contributed by atoms with Crippen molar-refractivity contribution >= 4 is 6.09 Å². The molecule has 0 aliphatic carbocycles. The number of hydrogen-bond acceptors (Lipinski definition) is 3. The van der Waals surface area contributed by atoms with Gasteiger partial charge in [0.2, 0.25) is 0 Å². The van der Waals surface area contributed by atoms with E-state index in [4.69, 9.17) is 4.74 Å². The third-order valence-corrected chi connectivity index (χ3v) is 3.99. The molecule has 0 saturated carbocycles. The maximum atomic E-state index is 13.0. The highest BCUT2D eigenvalue weighted by Gasteiger charge is 2.34. The Kier molecular flexibility index (Phi) is 6.57.